The molecule has 0 aliphatic rings. The number of halogens is 1. The highest BCUT2D eigenvalue weighted by atomic mass is 35.5. The Labute approximate surface area is 147 Å². The van der Waals surface area contributed by atoms with Crippen molar-refractivity contribution in [2.45, 2.75) is 19.4 Å². The van der Waals surface area contributed by atoms with Crippen molar-refractivity contribution >= 4 is 17.5 Å². The zero-order valence-electron chi connectivity index (χ0n) is 14.2. The van der Waals surface area contributed by atoms with Gasteiger partial charge in [-0.3, -0.25) is 4.79 Å². The lowest BCUT2D eigenvalue weighted by molar-refractivity contribution is -0.130. The lowest BCUT2D eigenvalue weighted by atomic mass is 10.1. The Morgan fingerprint density at radius 3 is 2.12 bits per heavy atom. The van der Waals surface area contributed by atoms with E-state index in [1.807, 2.05) is 49.5 Å². The molecule has 0 aliphatic carbocycles. The molecular weight excluding hydrogens is 326 g/mol. The molecule has 2 aromatic rings. The Morgan fingerprint density at radius 1 is 1.00 bits per heavy atom. The minimum Gasteiger partial charge on any atom is -0.497 e. The monoisotopic (exact) mass is 347 g/mol. The van der Waals surface area contributed by atoms with Gasteiger partial charge >= 0.3 is 0 Å². The van der Waals surface area contributed by atoms with Crippen molar-refractivity contribution in [2.75, 3.05) is 21.3 Å². The summed E-state index contributed by atoms with van der Waals surface area (Å²) in [7, 11) is 5.04. The fourth-order valence-corrected chi connectivity index (χ4v) is 2.53. The van der Waals surface area contributed by atoms with Crippen LogP contribution in [0, 0.1) is 0 Å². The minimum atomic E-state index is 0.0896. The van der Waals surface area contributed by atoms with Gasteiger partial charge in [-0.25, -0.2) is 0 Å². The summed E-state index contributed by atoms with van der Waals surface area (Å²) in [5.74, 6) is 1.55. The first-order valence-electron chi connectivity index (χ1n) is 7.72. The summed E-state index contributed by atoms with van der Waals surface area (Å²) >= 11 is 5.88. The summed E-state index contributed by atoms with van der Waals surface area (Å²) in [6.07, 6.45) is 1.07. The van der Waals surface area contributed by atoms with Gasteiger partial charge in [-0.15, -0.1) is 0 Å². The first kappa shape index (κ1) is 18.1. The van der Waals surface area contributed by atoms with Gasteiger partial charge in [0.25, 0.3) is 0 Å². The molecule has 0 N–H and O–H groups in total. The van der Waals surface area contributed by atoms with Gasteiger partial charge in [0, 0.05) is 31.1 Å². The molecule has 1 amide bonds. The molecule has 0 aliphatic heterocycles. The van der Waals surface area contributed by atoms with E-state index in [1.54, 1.807) is 19.1 Å². The highest BCUT2D eigenvalue weighted by Gasteiger charge is 2.11. The van der Waals surface area contributed by atoms with E-state index in [-0.39, 0.29) is 5.91 Å². The SMILES string of the molecule is COc1cc(CCC(=O)N(C)Cc2ccc(Cl)cc2)cc(OC)c1. The number of nitrogens with zero attached hydrogens (tertiary/aromatic N) is 1. The van der Waals surface area contributed by atoms with Crippen LogP contribution in [0.4, 0.5) is 0 Å². The molecular formula is C19H22ClNO3. The van der Waals surface area contributed by atoms with Gasteiger partial charge in [0.2, 0.25) is 5.91 Å². The van der Waals surface area contributed by atoms with Crippen LogP contribution in [0.25, 0.3) is 0 Å². The van der Waals surface area contributed by atoms with E-state index in [2.05, 4.69) is 0 Å². The van der Waals surface area contributed by atoms with E-state index in [1.165, 1.54) is 0 Å². The maximum absolute atomic E-state index is 12.3. The number of hydrogen-bond acceptors (Lipinski definition) is 3. The Balaban J connectivity index is 1.93. The second-order valence-corrected chi connectivity index (χ2v) is 6.03. The number of amides is 1. The second-order valence-electron chi connectivity index (χ2n) is 5.60. The molecule has 2 rings (SSSR count). The normalized spacial score (nSPS) is 10.3. The summed E-state index contributed by atoms with van der Waals surface area (Å²) in [5.41, 5.74) is 2.07. The Hall–Kier alpha value is -2.20. The molecule has 0 unspecified atom stereocenters. The molecule has 2 aromatic carbocycles. The molecule has 0 saturated heterocycles. The van der Waals surface area contributed by atoms with E-state index in [4.69, 9.17) is 21.1 Å². The van der Waals surface area contributed by atoms with E-state index in [0.717, 1.165) is 22.6 Å². The lowest BCUT2D eigenvalue weighted by Crippen LogP contribution is -2.26. The standard InChI is InChI=1S/C19H22ClNO3/c1-21(13-14-4-7-16(20)8-5-14)19(22)9-6-15-10-17(23-2)12-18(11-15)24-3/h4-5,7-8,10-12H,6,9,13H2,1-3H3. The van der Waals surface area contributed by atoms with Gasteiger partial charge < -0.3 is 14.4 Å². The summed E-state index contributed by atoms with van der Waals surface area (Å²) in [5, 5.41) is 0.694. The van der Waals surface area contributed by atoms with E-state index >= 15 is 0 Å². The number of ether oxygens (including phenoxy) is 2. The first-order chi connectivity index (χ1) is 11.5. The molecule has 0 heterocycles. The molecule has 0 atom stereocenters. The summed E-state index contributed by atoms with van der Waals surface area (Å²) in [4.78, 5) is 14.1. The predicted octanol–water partition coefficient (Wildman–Crippen LogP) is 3.95. The number of methoxy groups -OCH3 is 2. The number of carbonyl (C=O) groups excluding carboxylic acids is 1. The molecule has 0 aromatic heterocycles. The molecule has 5 heteroatoms. The van der Waals surface area contributed by atoms with Crippen LogP contribution in [0.15, 0.2) is 42.5 Å². The molecule has 0 bridgehead atoms. The largest absolute Gasteiger partial charge is 0.497 e. The Kier molecular flexibility index (Phi) is 6.50. The second kappa shape index (κ2) is 8.60. The lowest BCUT2D eigenvalue weighted by Gasteiger charge is -2.17. The maximum atomic E-state index is 12.3. The average molecular weight is 348 g/mol. The molecule has 0 fully saturated rings. The van der Waals surface area contributed by atoms with E-state index in [0.29, 0.717) is 24.4 Å². The van der Waals surface area contributed by atoms with Crippen molar-refractivity contribution in [1.29, 1.82) is 0 Å². The Bertz CT molecular complexity index is 663. The van der Waals surface area contributed by atoms with Crippen LogP contribution in [-0.2, 0) is 17.8 Å². The average Bonchev–Trinajstić information content (AvgIpc) is 2.61. The topological polar surface area (TPSA) is 38.8 Å². The summed E-state index contributed by atoms with van der Waals surface area (Å²) in [6.45, 7) is 0.567. The van der Waals surface area contributed by atoms with Gasteiger partial charge in [0.1, 0.15) is 11.5 Å². The maximum Gasteiger partial charge on any atom is 0.222 e. The van der Waals surface area contributed by atoms with Crippen LogP contribution in [0.3, 0.4) is 0 Å². The van der Waals surface area contributed by atoms with Gasteiger partial charge in [-0.05, 0) is 41.8 Å². The predicted molar refractivity (Wildman–Crippen MR) is 95.8 cm³/mol. The van der Waals surface area contributed by atoms with Crippen molar-refractivity contribution in [2.24, 2.45) is 0 Å². The summed E-state index contributed by atoms with van der Waals surface area (Å²) in [6, 6.07) is 13.2. The van der Waals surface area contributed by atoms with Crippen molar-refractivity contribution in [3.8, 4) is 11.5 Å². The van der Waals surface area contributed by atoms with Crippen molar-refractivity contribution in [3.05, 3.63) is 58.6 Å². The van der Waals surface area contributed by atoms with Crippen LogP contribution < -0.4 is 9.47 Å². The fourth-order valence-electron chi connectivity index (χ4n) is 2.40. The highest BCUT2D eigenvalue weighted by molar-refractivity contribution is 6.30. The smallest absolute Gasteiger partial charge is 0.222 e. The molecule has 128 valence electrons. The molecule has 4 nitrogen and oxygen atoms in total. The number of benzene rings is 2. The van der Waals surface area contributed by atoms with Gasteiger partial charge in [-0.2, -0.15) is 0 Å². The zero-order chi connectivity index (χ0) is 17.5. The third kappa shape index (κ3) is 5.17. The zero-order valence-corrected chi connectivity index (χ0v) is 15.0. The van der Waals surface area contributed by atoms with Crippen LogP contribution in [0.2, 0.25) is 5.02 Å². The van der Waals surface area contributed by atoms with Crippen LogP contribution in [0.1, 0.15) is 17.5 Å². The first-order valence-corrected chi connectivity index (χ1v) is 8.10. The molecule has 0 spiro atoms. The third-order valence-corrected chi connectivity index (χ3v) is 4.05. The van der Waals surface area contributed by atoms with Gasteiger partial charge in [0.15, 0.2) is 0 Å². The highest BCUT2D eigenvalue weighted by Crippen LogP contribution is 2.23. The molecule has 0 radical (unpaired) electrons. The van der Waals surface area contributed by atoms with Crippen molar-refractivity contribution < 1.29 is 14.3 Å². The molecule has 0 saturated carbocycles. The number of carbonyl (C=O) groups is 1. The third-order valence-electron chi connectivity index (χ3n) is 3.80. The van der Waals surface area contributed by atoms with Crippen LogP contribution >= 0.6 is 11.6 Å². The van der Waals surface area contributed by atoms with E-state index in [9.17, 15) is 4.79 Å². The van der Waals surface area contributed by atoms with Crippen LogP contribution in [0.5, 0.6) is 11.5 Å². The number of rotatable bonds is 7. The Morgan fingerprint density at radius 2 is 1.58 bits per heavy atom. The minimum absolute atomic E-state index is 0.0896. The number of hydrogen-bond donors (Lipinski definition) is 0. The van der Waals surface area contributed by atoms with Crippen molar-refractivity contribution in [1.82, 2.24) is 4.90 Å². The fraction of sp³-hybridized carbons (Fsp3) is 0.316. The number of aryl methyl sites for hydroxylation is 1. The quantitative estimate of drug-likeness (QED) is 0.761. The van der Waals surface area contributed by atoms with Gasteiger partial charge in [0.05, 0.1) is 14.2 Å². The van der Waals surface area contributed by atoms with Crippen molar-refractivity contribution in [3.63, 3.8) is 0 Å². The van der Waals surface area contributed by atoms with Crippen LogP contribution in [-0.4, -0.2) is 32.1 Å². The molecule has 24 heavy (non-hydrogen) atoms. The van der Waals surface area contributed by atoms with E-state index < -0.39 is 0 Å². The van der Waals surface area contributed by atoms with Gasteiger partial charge in [-0.1, -0.05) is 23.7 Å². The summed E-state index contributed by atoms with van der Waals surface area (Å²) < 4.78 is 10.5.